The minimum absolute atomic E-state index is 0.910. The van der Waals surface area contributed by atoms with Crippen LogP contribution < -0.4 is 4.74 Å². The molecule has 0 aliphatic carbocycles. The van der Waals surface area contributed by atoms with Gasteiger partial charge < -0.3 is 9.30 Å². The molecule has 2 heteroatoms. The maximum Gasteiger partial charge on any atom is 0.135 e. The van der Waals surface area contributed by atoms with Gasteiger partial charge in [0, 0.05) is 32.8 Å². The standard InChI is InChI=1S/C44H27NO/c1-2-14-31(15-3-1)45-39-21-10-18-33(42(39)38-24-23-28-11-4-5-16-34(28)44(38)45)30-13-8-12-29(27-30)32-25-26-41-43-36(32)19-9-20-37(43)35-17-6-7-22-40(35)46-41/h1-27H. The van der Waals surface area contributed by atoms with Gasteiger partial charge in [-0.25, -0.2) is 0 Å². The van der Waals surface area contributed by atoms with Gasteiger partial charge in [0.05, 0.1) is 11.0 Å². The lowest BCUT2D eigenvalue weighted by molar-refractivity contribution is 0.487. The Labute approximate surface area is 266 Å². The molecule has 0 saturated carbocycles. The molecule has 0 bridgehead atoms. The summed E-state index contributed by atoms with van der Waals surface area (Å²) in [6.07, 6.45) is 0. The molecule has 0 N–H and O–H groups in total. The number of para-hydroxylation sites is 2. The first kappa shape index (κ1) is 25.2. The molecule has 0 spiro atoms. The molecule has 0 atom stereocenters. The van der Waals surface area contributed by atoms with Crippen molar-refractivity contribution in [1.82, 2.24) is 4.57 Å². The van der Waals surface area contributed by atoms with Gasteiger partial charge in [-0.2, -0.15) is 0 Å². The maximum absolute atomic E-state index is 6.39. The number of hydrogen-bond acceptors (Lipinski definition) is 1. The SMILES string of the molecule is c1ccc(-n2c3cccc(-c4cccc(-c5ccc6c7c(cccc57)-c5ccccc5O6)c4)c3c3ccc4ccccc4c32)cc1. The summed E-state index contributed by atoms with van der Waals surface area (Å²) >= 11 is 0. The third-order valence-electron chi connectivity index (χ3n) is 9.58. The summed E-state index contributed by atoms with van der Waals surface area (Å²) in [6, 6.07) is 59.0. The molecule has 0 radical (unpaired) electrons. The Balaban J connectivity index is 1.22. The van der Waals surface area contributed by atoms with Crippen LogP contribution in [0.25, 0.3) is 82.4 Å². The molecular formula is C44H27NO. The van der Waals surface area contributed by atoms with E-state index in [4.69, 9.17) is 4.74 Å². The molecule has 8 aromatic carbocycles. The second-order valence-corrected chi connectivity index (χ2v) is 12.1. The van der Waals surface area contributed by atoms with Gasteiger partial charge in [-0.15, -0.1) is 0 Å². The molecule has 0 unspecified atom stereocenters. The highest BCUT2D eigenvalue weighted by Gasteiger charge is 2.22. The van der Waals surface area contributed by atoms with E-state index in [9.17, 15) is 0 Å². The molecule has 1 aliphatic heterocycles. The van der Waals surface area contributed by atoms with Crippen LogP contribution in [0.1, 0.15) is 0 Å². The number of fused-ring (bicyclic) bond motifs is 7. The van der Waals surface area contributed by atoms with Crippen LogP contribution in [0, 0.1) is 0 Å². The molecule has 1 aliphatic rings. The molecule has 46 heavy (non-hydrogen) atoms. The van der Waals surface area contributed by atoms with Crippen molar-refractivity contribution in [3.63, 3.8) is 0 Å². The van der Waals surface area contributed by atoms with Crippen molar-refractivity contribution in [1.29, 1.82) is 0 Å². The second-order valence-electron chi connectivity index (χ2n) is 12.1. The number of benzene rings is 8. The van der Waals surface area contributed by atoms with Crippen LogP contribution >= 0.6 is 0 Å². The van der Waals surface area contributed by atoms with Crippen LogP contribution in [0.3, 0.4) is 0 Å². The normalized spacial score (nSPS) is 12.1. The largest absolute Gasteiger partial charge is 0.456 e. The summed E-state index contributed by atoms with van der Waals surface area (Å²) in [6.45, 7) is 0. The van der Waals surface area contributed by atoms with E-state index in [1.807, 2.05) is 12.1 Å². The van der Waals surface area contributed by atoms with Crippen molar-refractivity contribution in [3.05, 3.63) is 164 Å². The predicted octanol–water partition coefficient (Wildman–Crippen LogP) is 12.2. The fourth-order valence-electron chi connectivity index (χ4n) is 7.60. The van der Waals surface area contributed by atoms with E-state index in [-0.39, 0.29) is 0 Å². The Bertz CT molecular complexity index is 2660. The third kappa shape index (κ3) is 3.59. The van der Waals surface area contributed by atoms with Gasteiger partial charge in [0.1, 0.15) is 11.5 Å². The molecule has 0 fully saturated rings. The van der Waals surface area contributed by atoms with Crippen molar-refractivity contribution in [3.8, 4) is 50.6 Å². The van der Waals surface area contributed by atoms with Gasteiger partial charge >= 0.3 is 0 Å². The summed E-state index contributed by atoms with van der Waals surface area (Å²) < 4.78 is 8.82. The lowest BCUT2D eigenvalue weighted by atomic mass is 9.89. The van der Waals surface area contributed by atoms with Crippen molar-refractivity contribution in [2.45, 2.75) is 0 Å². The predicted molar refractivity (Wildman–Crippen MR) is 192 cm³/mol. The number of ether oxygens (including phenoxy) is 1. The average Bonchev–Trinajstić information content (AvgIpc) is 3.47. The van der Waals surface area contributed by atoms with Crippen molar-refractivity contribution in [2.75, 3.05) is 0 Å². The molecule has 2 heterocycles. The minimum atomic E-state index is 0.910. The zero-order valence-corrected chi connectivity index (χ0v) is 24.9. The summed E-state index contributed by atoms with van der Waals surface area (Å²) in [5.74, 6) is 1.82. The van der Waals surface area contributed by atoms with Crippen LogP contribution in [-0.4, -0.2) is 4.57 Å². The van der Waals surface area contributed by atoms with Gasteiger partial charge in [-0.3, -0.25) is 0 Å². The van der Waals surface area contributed by atoms with Crippen molar-refractivity contribution in [2.24, 2.45) is 0 Å². The van der Waals surface area contributed by atoms with E-state index in [0.717, 1.165) is 22.7 Å². The van der Waals surface area contributed by atoms with Crippen LogP contribution in [0.2, 0.25) is 0 Å². The second kappa shape index (κ2) is 9.69. The maximum atomic E-state index is 6.39. The first-order valence-electron chi connectivity index (χ1n) is 15.8. The first-order chi connectivity index (χ1) is 22.8. The molecule has 0 saturated heterocycles. The van der Waals surface area contributed by atoms with Gasteiger partial charge in [-0.1, -0.05) is 127 Å². The van der Waals surface area contributed by atoms with Crippen LogP contribution in [0.5, 0.6) is 11.5 Å². The fourth-order valence-corrected chi connectivity index (χ4v) is 7.60. The quantitative estimate of drug-likeness (QED) is 0.201. The van der Waals surface area contributed by atoms with Gasteiger partial charge in [0.25, 0.3) is 0 Å². The number of aromatic nitrogens is 1. The number of nitrogens with zero attached hydrogens (tertiary/aromatic N) is 1. The number of rotatable bonds is 3. The number of hydrogen-bond donors (Lipinski definition) is 0. The Kier molecular flexibility index (Phi) is 5.31. The van der Waals surface area contributed by atoms with Crippen LogP contribution in [0.15, 0.2) is 164 Å². The van der Waals surface area contributed by atoms with Gasteiger partial charge in [-0.05, 0) is 75.0 Å². The highest BCUT2D eigenvalue weighted by Crippen LogP contribution is 2.49. The fraction of sp³-hybridized carbons (Fsp3) is 0. The van der Waals surface area contributed by atoms with Gasteiger partial charge in [0.2, 0.25) is 0 Å². The van der Waals surface area contributed by atoms with Crippen LogP contribution in [-0.2, 0) is 0 Å². The molecule has 1 aromatic heterocycles. The Morgan fingerprint density at radius 3 is 2.04 bits per heavy atom. The van der Waals surface area contributed by atoms with E-state index >= 15 is 0 Å². The summed E-state index contributed by atoms with van der Waals surface area (Å²) in [5, 5.41) is 7.40. The van der Waals surface area contributed by atoms with Crippen molar-refractivity contribution >= 4 is 43.4 Å². The highest BCUT2D eigenvalue weighted by molar-refractivity contribution is 6.22. The topological polar surface area (TPSA) is 14.2 Å². The van der Waals surface area contributed by atoms with E-state index in [2.05, 4.69) is 156 Å². The smallest absolute Gasteiger partial charge is 0.135 e. The zero-order valence-electron chi connectivity index (χ0n) is 24.9. The summed E-state index contributed by atoms with van der Waals surface area (Å²) in [5.41, 5.74) is 10.8. The Morgan fingerprint density at radius 1 is 0.391 bits per heavy atom. The van der Waals surface area contributed by atoms with E-state index in [1.165, 1.54) is 71.2 Å². The lowest BCUT2D eigenvalue weighted by Crippen LogP contribution is -1.97. The summed E-state index contributed by atoms with van der Waals surface area (Å²) in [4.78, 5) is 0. The molecule has 0 amide bonds. The minimum Gasteiger partial charge on any atom is -0.456 e. The third-order valence-corrected chi connectivity index (χ3v) is 9.58. The molecular weight excluding hydrogens is 558 g/mol. The highest BCUT2D eigenvalue weighted by atomic mass is 16.5. The Hall–Kier alpha value is -6.12. The molecule has 9 aromatic rings. The van der Waals surface area contributed by atoms with E-state index < -0.39 is 0 Å². The lowest BCUT2D eigenvalue weighted by Gasteiger charge is -2.22. The Morgan fingerprint density at radius 2 is 1.11 bits per heavy atom. The average molecular weight is 586 g/mol. The monoisotopic (exact) mass is 585 g/mol. The van der Waals surface area contributed by atoms with E-state index in [1.54, 1.807) is 0 Å². The van der Waals surface area contributed by atoms with Crippen molar-refractivity contribution < 1.29 is 4.74 Å². The molecule has 10 rings (SSSR count). The summed E-state index contributed by atoms with van der Waals surface area (Å²) in [7, 11) is 0. The molecule has 2 nitrogen and oxygen atoms in total. The van der Waals surface area contributed by atoms with Crippen LogP contribution in [0.4, 0.5) is 0 Å². The first-order valence-corrected chi connectivity index (χ1v) is 15.8. The van der Waals surface area contributed by atoms with Gasteiger partial charge in [0.15, 0.2) is 0 Å². The zero-order chi connectivity index (χ0) is 30.2. The van der Waals surface area contributed by atoms with E-state index in [0.29, 0.717) is 0 Å². The molecule has 214 valence electrons.